The van der Waals surface area contributed by atoms with E-state index >= 15 is 0 Å². The fourth-order valence-electron chi connectivity index (χ4n) is 2.11. The summed E-state index contributed by atoms with van der Waals surface area (Å²) in [7, 11) is 1.25. The summed E-state index contributed by atoms with van der Waals surface area (Å²) in [5.41, 5.74) is 1.85. The van der Waals surface area contributed by atoms with Gasteiger partial charge in [0.2, 0.25) is 5.90 Å². The van der Waals surface area contributed by atoms with Crippen LogP contribution in [0.15, 0.2) is 40.3 Å². The number of rotatable bonds is 2. The third-order valence-electron chi connectivity index (χ3n) is 3.35. The summed E-state index contributed by atoms with van der Waals surface area (Å²) < 4.78 is 5.87. The van der Waals surface area contributed by atoms with Crippen molar-refractivity contribution in [2.24, 2.45) is 15.4 Å². The average molecular weight is 505 g/mol. The second-order valence-electron chi connectivity index (χ2n) is 7.67. The van der Waals surface area contributed by atoms with Crippen LogP contribution >= 0.6 is 28.5 Å². The van der Waals surface area contributed by atoms with Gasteiger partial charge in [-0.1, -0.05) is 51.1 Å². The molecule has 1 aromatic carbocycles. The van der Waals surface area contributed by atoms with E-state index in [1.807, 2.05) is 18.2 Å². The van der Waals surface area contributed by atoms with Crippen molar-refractivity contribution in [3.8, 4) is 0 Å². The van der Waals surface area contributed by atoms with Crippen LogP contribution in [0.4, 0.5) is 0 Å². The number of hydrogen-bond acceptors (Lipinski definition) is 3. The van der Waals surface area contributed by atoms with E-state index in [0.29, 0.717) is 12.5 Å². The van der Waals surface area contributed by atoms with Gasteiger partial charge in [0, 0.05) is 5.56 Å². The first-order valence-electron chi connectivity index (χ1n) is 7.77. The van der Waals surface area contributed by atoms with Crippen LogP contribution in [-0.2, 0) is 15.6 Å². The van der Waals surface area contributed by atoms with E-state index in [1.54, 1.807) is 0 Å². The van der Waals surface area contributed by atoms with Crippen LogP contribution in [0.3, 0.4) is 0 Å². The van der Waals surface area contributed by atoms with E-state index in [0.717, 1.165) is 11.3 Å². The number of aliphatic imine (C=N–C) groups is 2. The summed E-state index contributed by atoms with van der Waals surface area (Å²) in [6.07, 6.45) is 0. The zero-order valence-electron chi connectivity index (χ0n) is 15.0. The third kappa shape index (κ3) is 7.37. The molecule has 0 radical (unpaired) electrons. The standard InChI is InChI=1S/C18H26N2O.2BrH.Ni/c1-17(2,3)14-12-21-16(19-14)15(20-18(4,5)6)13-10-8-7-9-11-13;;;/h7-11,14H,12H2,1-6H3;2*1H;/q;;;+2/p-2/t14-;;;/m1.../s1. The van der Waals surface area contributed by atoms with Gasteiger partial charge in [0.15, 0.2) is 0 Å². The average Bonchev–Trinajstić information content (AvgIpc) is 2.95. The normalized spacial score (nSPS) is 18.6. The molecule has 1 atom stereocenters. The van der Waals surface area contributed by atoms with Crippen molar-refractivity contribution in [2.75, 3.05) is 6.61 Å². The van der Waals surface area contributed by atoms with Crippen molar-refractivity contribution in [2.45, 2.75) is 53.1 Å². The molecule has 0 saturated carbocycles. The molecule has 1 aliphatic rings. The SMILES string of the molecule is CC(C)(C)N=C(C1=N[C@@H](C(C)(C)C)CO1)c1ccccc1.[Br][Ni][Br]. The molecule has 0 spiro atoms. The third-order valence-corrected chi connectivity index (χ3v) is 3.35. The minimum atomic E-state index is -0.170. The Hall–Kier alpha value is -0.186. The van der Waals surface area contributed by atoms with Crippen molar-refractivity contribution in [3.63, 3.8) is 0 Å². The first-order valence-corrected chi connectivity index (χ1v) is 12.7. The first kappa shape index (κ1) is 21.9. The summed E-state index contributed by atoms with van der Waals surface area (Å²) >= 11 is 6.00. The number of halogens is 2. The number of ether oxygens (including phenoxy) is 1. The van der Waals surface area contributed by atoms with Gasteiger partial charge in [0.1, 0.15) is 12.3 Å². The van der Waals surface area contributed by atoms with Gasteiger partial charge in [0.05, 0.1) is 11.6 Å². The summed E-state index contributed by atoms with van der Waals surface area (Å²) in [4.78, 5) is 9.62. The van der Waals surface area contributed by atoms with Gasteiger partial charge in [-0.2, -0.15) is 0 Å². The summed E-state index contributed by atoms with van der Waals surface area (Å²) in [6.45, 7) is 13.5. The molecule has 1 aromatic rings. The Morgan fingerprint density at radius 1 is 1.12 bits per heavy atom. The van der Waals surface area contributed by atoms with Crippen molar-refractivity contribution < 1.29 is 15.6 Å². The molecule has 6 heteroatoms. The quantitative estimate of drug-likeness (QED) is 0.370. The van der Waals surface area contributed by atoms with Crippen LogP contribution in [0, 0.1) is 5.41 Å². The van der Waals surface area contributed by atoms with E-state index in [4.69, 9.17) is 14.7 Å². The van der Waals surface area contributed by atoms with Gasteiger partial charge < -0.3 is 4.74 Å². The molecule has 0 amide bonds. The summed E-state index contributed by atoms with van der Waals surface area (Å²) in [5.74, 6) is 0.677. The number of hydrogen-bond donors (Lipinski definition) is 0. The van der Waals surface area contributed by atoms with Crippen LogP contribution in [0.25, 0.3) is 0 Å². The van der Waals surface area contributed by atoms with Gasteiger partial charge in [-0.15, -0.1) is 0 Å². The Bertz CT molecular complexity index is 575. The van der Waals surface area contributed by atoms with Crippen LogP contribution in [0.5, 0.6) is 0 Å². The molecule has 0 fully saturated rings. The molecular formula is C18H26Br2N2NiO. The minimum absolute atomic E-state index is 0.102. The summed E-state index contributed by atoms with van der Waals surface area (Å²) in [6, 6.07) is 10.3. The zero-order chi connectivity index (χ0) is 18.4. The molecular weight excluding hydrogens is 479 g/mol. The maximum absolute atomic E-state index is 5.87. The predicted octanol–water partition coefficient (Wildman–Crippen LogP) is 5.81. The number of benzene rings is 1. The Morgan fingerprint density at radius 3 is 2.08 bits per heavy atom. The Morgan fingerprint density at radius 2 is 1.67 bits per heavy atom. The van der Waals surface area contributed by atoms with E-state index < -0.39 is 0 Å². The Labute approximate surface area is 166 Å². The fourth-order valence-corrected chi connectivity index (χ4v) is 2.11. The van der Waals surface area contributed by atoms with Gasteiger partial charge >= 0.3 is 39.3 Å². The molecule has 1 aliphatic heterocycles. The Balaban J connectivity index is 0.000000891. The van der Waals surface area contributed by atoms with Gasteiger partial charge in [-0.3, -0.25) is 4.99 Å². The van der Waals surface area contributed by atoms with Crippen molar-refractivity contribution in [3.05, 3.63) is 35.9 Å². The zero-order valence-corrected chi connectivity index (χ0v) is 19.2. The Kier molecular flexibility index (Phi) is 8.65. The van der Waals surface area contributed by atoms with Gasteiger partial charge in [-0.05, 0) is 26.2 Å². The van der Waals surface area contributed by atoms with Gasteiger partial charge in [0.25, 0.3) is 0 Å². The van der Waals surface area contributed by atoms with Crippen LogP contribution in [0.1, 0.15) is 47.1 Å². The molecule has 24 heavy (non-hydrogen) atoms. The molecule has 0 aliphatic carbocycles. The molecule has 2 rings (SSSR count). The maximum atomic E-state index is 5.87. The number of nitrogens with zero attached hydrogens (tertiary/aromatic N) is 2. The van der Waals surface area contributed by atoms with E-state index in [-0.39, 0.29) is 17.0 Å². The molecule has 0 saturated heterocycles. The van der Waals surface area contributed by atoms with Crippen molar-refractivity contribution >= 4 is 40.1 Å². The first-order chi connectivity index (χ1) is 11.1. The van der Waals surface area contributed by atoms with E-state index in [1.165, 1.54) is 10.9 Å². The monoisotopic (exact) mass is 502 g/mol. The molecule has 0 N–H and O–H groups in total. The van der Waals surface area contributed by atoms with E-state index in [2.05, 4.69) is 82.1 Å². The molecule has 3 nitrogen and oxygen atoms in total. The van der Waals surface area contributed by atoms with Crippen LogP contribution < -0.4 is 0 Å². The van der Waals surface area contributed by atoms with Gasteiger partial charge in [-0.25, -0.2) is 4.99 Å². The fraction of sp³-hybridized carbons (Fsp3) is 0.556. The second-order valence-corrected chi connectivity index (χ2v) is 12.7. The van der Waals surface area contributed by atoms with Crippen LogP contribution in [0.2, 0.25) is 0 Å². The molecule has 0 unspecified atom stereocenters. The topological polar surface area (TPSA) is 34.0 Å². The molecule has 0 aromatic heterocycles. The van der Waals surface area contributed by atoms with Crippen molar-refractivity contribution in [1.29, 1.82) is 0 Å². The predicted molar refractivity (Wildman–Crippen MR) is 107 cm³/mol. The van der Waals surface area contributed by atoms with E-state index in [9.17, 15) is 0 Å². The second kappa shape index (κ2) is 9.49. The molecule has 0 bridgehead atoms. The van der Waals surface area contributed by atoms with Crippen molar-refractivity contribution in [1.82, 2.24) is 0 Å². The molecule has 1 heterocycles. The van der Waals surface area contributed by atoms with Crippen LogP contribution in [-0.4, -0.2) is 29.8 Å². The molecule has 138 valence electrons. The summed E-state index contributed by atoms with van der Waals surface area (Å²) in [5, 5.41) is 0.